The number of rotatable bonds is 7. The van der Waals surface area contributed by atoms with Crippen molar-refractivity contribution >= 4 is 62.9 Å². The van der Waals surface area contributed by atoms with E-state index in [4.69, 9.17) is 0 Å². The maximum atomic E-state index is 11.6. The third-order valence-corrected chi connectivity index (χ3v) is 5.66. The molecule has 0 fully saturated rings. The Morgan fingerprint density at radius 2 is 1.03 bits per heavy atom. The Morgan fingerprint density at radius 1 is 0.615 bits per heavy atom. The van der Waals surface area contributed by atoms with Crippen molar-refractivity contribution < 1.29 is 15.0 Å². The van der Waals surface area contributed by atoms with Crippen molar-refractivity contribution in [2.75, 3.05) is 16.0 Å². The zero-order valence-electron chi connectivity index (χ0n) is 19.7. The number of carboxylic acids is 1. The maximum absolute atomic E-state index is 11.6. The van der Waals surface area contributed by atoms with Gasteiger partial charge in [-0.1, -0.05) is 0 Å². The van der Waals surface area contributed by atoms with Gasteiger partial charge in [0.05, 0.1) is 22.1 Å². The average Bonchev–Trinajstić information content (AvgIpc) is 3.44. The first-order valence-electron chi connectivity index (χ1n) is 11.4. The molecule has 0 saturated heterocycles. The Kier molecular flexibility index (Phi) is 5.42. The summed E-state index contributed by atoms with van der Waals surface area (Å²) in [6.07, 6.45) is 0. The van der Waals surface area contributed by atoms with E-state index in [9.17, 15) is 24.6 Å². The number of carbonyl (C=O) groups is 1. The number of hydrogen-bond acceptors (Lipinski definition) is 10. The quantitative estimate of drug-likeness (QED) is 0.137. The summed E-state index contributed by atoms with van der Waals surface area (Å²) in [5, 5.41) is 28.2. The number of nitrogens with one attached hydrogen (secondary N) is 7. The van der Waals surface area contributed by atoms with E-state index in [0.29, 0.717) is 39.1 Å². The topological polar surface area (TPSA) is 230 Å². The van der Waals surface area contributed by atoms with Crippen molar-refractivity contribution in [3.8, 4) is 5.75 Å². The highest BCUT2D eigenvalue weighted by atomic mass is 16.4. The molecule has 3 heterocycles. The third kappa shape index (κ3) is 4.82. The van der Waals surface area contributed by atoms with Crippen LogP contribution in [0.25, 0.3) is 22.1 Å². The molecule has 0 atom stereocenters. The van der Waals surface area contributed by atoms with E-state index in [0.717, 1.165) is 0 Å². The number of aromatic nitrogens is 7. The summed E-state index contributed by atoms with van der Waals surface area (Å²) in [4.78, 5) is 58.5. The number of imidazole rings is 2. The molecule has 0 unspecified atom stereocenters. The Balaban J connectivity index is 1.36. The molecule has 0 aliphatic heterocycles. The molecule has 6 rings (SSSR count). The molecule has 0 amide bonds. The standard InChI is InChI=1S/C24H18N10O5/c35-18-6-3-10(7-13(18)19(36)37)25-20-32-21(26-11-1-4-14-16(8-11)30-23(38)28-14)34-22(33-20)27-12-2-5-15-17(9-12)31-24(39)29-15/h1-9,35H,(H,36,37)(H2,28,30,38)(H2,29,31,39)(H3,25,26,27,32,33,34). The van der Waals surface area contributed by atoms with Gasteiger partial charge in [-0.2, -0.15) is 15.0 Å². The van der Waals surface area contributed by atoms with Gasteiger partial charge in [-0.3, -0.25) is 0 Å². The Bertz CT molecular complexity index is 1900. The summed E-state index contributed by atoms with van der Waals surface area (Å²) in [7, 11) is 0. The first-order valence-corrected chi connectivity index (χ1v) is 11.4. The van der Waals surface area contributed by atoms with Crippen LogP contribution in [0.5, 0.6) is 5.75 Å². The van der Waals surface area contributed by atoms with Gasteiger partial charge in [0.2, 0.25) is 17.8 Å². The van der Waals surface area contributed by atoms with Crippen molar-refractivity contribution in [1.82, 2.24) is 34.9 Å². The van der Waals surface area contributed by atoms with E-state index in [1.54, 1.807) is 36.4 Å². The first-order chi connectivity index (χ1) is 18.8. The minimum absolute atomic E-state index is 0.0595. The fraction of sp³-hybridized carbons (Fsp3) is 0. The van der Waals surface area contributed by atoms with Crippen molar-refractivity contribution in [2.45, 2.75) is 0 Å². The molecular weight excluding hydrogens is 508 g/mol. The average molecular weight is 526 g/mol. The monoisotopic (exact) mass is 526 g/mol. The van der Waals surface area contributed by atoms with Crippen LogP contribution in [-0.4, -0.2) is 51.1 Å². The van der Waals surface area contributed by atoms with Crippen LogP contribution in [0.2, 0.25) is 0 Å². The smallest absolute Gasteiger partial charge is 0.339 e. The molecule has 0 bridgehead atoms. The highest BCUT2D eigenvalue weighted by Gasteiger charge is 2.13. The molecule has 9 N–H and O–H groups in total. The molecule has 3 aromatic carbocycles. The summed E-state index contributed by atoms with van der Waals surface area (Å²) < 4.78 is 0. The number of aromatic hydroxyl groups is 1. The van der Waals surface area contributed by atoms with Crippen LogP contribution in [0.4, 0.5) is 34.9 Å². The molecule has 3 aromatic heterocycles. The molecule has 15 heteroatoms. The zero-order chi connectivity index (χ0) is 27.1. The maximum Gasteiger partial charge on any atom is 0.339 e. The molecule has 0 spiro atoms. The van der Waals surface area contributed by atoms with Crippen LogP contribution in [0.15, 0.2) is 64.2 Å². The number of H-pyrrole nitrogens is 4. The lowest BCUT2D eigenvalue weighted by Crippen LogP contribution is -2.08. The van der Waals surface area contributed by atoms with Crippen molar-refractivity contribution in [3.05, 3.63) is 81.1 Å². The number of anilines is 6. The SMILES string of the molecule is O=C(O)c1cc(Nc2nc(Nc3ccc4[nH]c(=O)[nH]c4c3)nc(Nc3ccc4[nH]c(=O)[nH]c4c3)n2)ccc1O. The molecule has 15 nitrogen and oxygen atoms in total. The largest absolute Gasteiger partial charge is 0.507 e. The second kappa shape index (κ2) is 9.07. The van der Waals surface area contributed by atoms with E-state index in [1.165, 1.54) is 18.2 Å². The van der Waals surface area contributed by atoms with Crippen molar-refractivity contribution in [1.29, 1.82) is 0 Å². The van der Waals surface area contributed by atoms with Gasteiger partial charge in [0.1, 0.15) is 11.3 Å². The molecule has 6 aromatic rings. The van der Waals surface area contributed by atoms with Crippen LogP contribution >= 0.6 is 0 Å². The molecule has 0 aliphatic rings. The lowest BCUT2D eigenvalue weighted by molar-refractivity contribution is 0.0693. The van der Waals surface area contributed by atoms with Gasteiger partial charge in [0.25, 0.3) is 0 Å². The summed E-state index contributed by atoms with van der Waals surface area (Å²) >= 11 is 0. The number of fused-ring (bicyclic) bond motifs is 2. The number of aromatic carboxylic acids is 1. The Morgan fingerprint density at radius 3 is 1.49 bits per heavy atom. The predicted octanol–water partition coefficient (Wildman–Crippen LogP) is 2.85. The highest BCUT2D eigenvalue weighted by Crippen LogP contribution is 2.26. The van der Waals surface area contributed by atoms with Crippen LogP contribution < -0.4 is 27.3 Å². The van der Waals surface area contributed by atoms with Gasteiger partial charge in [-0.15, -0.1) is 0 Å². The lowest BCUT2D eigenvalue weighted by atomic mass is 10.2. The Labute approximate surface area is 216 Å². The molecule has 0 saturated carbocycles. The van der Waals surface area contributed by atoms with Gasteiger partial charge in [0, 0.05) is 17.1 Å². The summed E-state index contributed by atoms with van der Waals surface area (Å²) in [5.41, 5.74) is 2.90. The number of benzene rings is 3. The number of phenols is 1. The van der Waals surface area contributed by atoms with Crippen molar-refractivity contribution in [2.24, 2.45) is 0 Å². The summed E-state index contributed by atoms with van der Waals surface area (Å²) in [6.45, 7) is 0. The van der Waals surface area contributed by atoms with Gasteiger partial charge in [0.15, 0.2) is 0 Å². The third-order valence-electron chi connectivity index (χ3n) is 5.66. The molecule has 0 radical (unpaired) electrons. The highest BCUT2D eigenvalue weighted by molar-refractivity contribution is 5.92. The lowest BCUT2D eigenvalue weighted by Gasteiger charge is -2.12. The van der Waals surface area contributed by atoms with Gasteiger partial charge < -0.3 is 46.1 Å². The summed E-state index contributed by atoms with van der Waals surface area (Å²) in [6, 6.07) is 14.2. The van der Waals surface area contributed by atoms with Crippen molar-refractivity contribution in [3.63, 3.8) is 0 Å². The first kappa shape index (κ1) is 23.3. The minimum atomic E-state index is -1.30. The van der Waals surface area contributed by atoms with Crippen LogP contribution in [0.3, 0.4) is 0 Å². The number of hydrogen-bond donors (Lipinski definition) is 9. The fourth-order valence-corrected chi connectivity index (χ4v) is 3.94. The minimum Gasteiger partial charge on any atom is -0.507 e. The molecule has 0 aliphatic carbocycles. The van der Waals surface area contributed by atoms with E-state index >= 15 is 0 Å². The predicted molar refractivity (Wildman–Crippen MR) is 143 cm³/mol. The zero-order valence-corrected chi connectivity index (χ0v) is 19.7. The van der Waals surface area contributed by atoms with Gasteiger partial charge in [-0.25, -0.2) is 14.4 Å². The number of aromatic amines is 4. The Hall–Kier alpha value is -6.12. The molecule has 39 heavy (non-hydrogen) atoms. The van der Waals surface area contributed by atoms with Crippen LogP contribution in [-0.2, 0) is 0 Å². The van der Waals surface area contributed by atoms with Crippen LogP contribution in [0.1, 0.15) is 10.4 Å². The summed E-state index contributed by atoms with van der Waals surface area (Å²) in [5.74, 6) is -1.37. The van der Waals surface area contributed by atoms with Gasteiger partial charge in [-0.05, 0) is 54.6 Å². The molecular formula is C24H18N10O5. The second-order valence-electron chi connectivity index (χ2n) is 8.40. The number of carboxylic acid groups (broad SMARTS) is 1. The van der Waals surface area contributed by atoms with E-state index in [2.05, 4.69) is 50.8 Å². The van der Waals surface area contributed by atoms with Crippen LogP contribution in [0, 0.1) is 0 Å². The van der Waals surface area contributed by atoms with E-state index < -0.39 is 5.97 Å². The number of nitrogens with zero attached hydrogens (tertiary/aromatic N) is 3. The van der Waals surface area contributed by atoms with Gasteiger partial charge >= 0.3 is 17.3 Å². The van der Waals surface area contributed by atoms with E-state index in [-0.39, 0.29) is 40.5 Å². The normalized spacial score (nSPS) is 11.1. The second-order valence-corrected chi connectivity index (χ2v) is 8.40. The fourth-order valence-electron chi connectivity index (χ4n) is 3.94. The van der Waals surface area contributed by atoms with E-state index in [1.807, 2.05) is 0 Å². The molecule has 194 valence electrons.